The Balaban J connectivity index is 2.22. The largest absolute Gasteiger partial charge is 0.396 e. The number of likely N-dealkylation sites (tertiary alicyclic amines) is 1. The number of hydrogen-bond donors (Lipinski definition) is 1. The van der Waals surface area contributed by atoms with E-state index in [1.54, 1.807) is 6.07 Å². The van der Waals surface area contributed by atoms with E-state index in [2.05, 4.69) is 0 Å². The molecule has 4 nitrogen and oxygen atoms in total. The zero-order valence-corrected chi connectivity index (χ0v) is 9.28. The van der Waals surface area contributed by atoms with E-state index in [0.717, 1.165) is 4.90 Å². The number of nitrogens with zero attached hydrogens (tertiary/aromatic N) is 1. The van der Waals surface area contributed by atoms with E-state index in [-0.39, 0.29) is 29.6 Å². The Hall–Kier alpha value is -1.91. The number of rotatable bonds is 2. The minimum atomic E-state index is -0.557. The normalized spacial score (nSPS) is 16.4. The summed E-state index contributed by atoms with van der Waals surface area (Å²) in [5, 5.41) is 0. The van der Waals surface area contributed by atoms with Crippen molar-refractivity contribution >= 4 is 17.5 Å². The molecular formula is C12H13FN2O2. The lowest BCUT2D eigenvalue weighted by Crippen LogP contribution is -2.39. The van der Waals surface area contributed by atoms with E-state index in [4.69, 9.17) is 5.73 Å². The van der Waals surface area contributed by atoms with Gasteiger partial charge in [0.05, 0.1) is 12.2 Å². The fourth-order valence-electron chi connectivity index (χ4n) is 1.87. The van der Waals surface area contributed by atoms with Crippen LogP contribution in [-0.2, 0) is 16.1 Å². The predicted molar refractivity (Wildman–Crippen MR) is 60.2 cm³/mol. The lowest BCUT2D eigenvalue weighted by Gasteiger charge is -2.25. The summed E-state index contributed by atoms with van der Waals surface area (Å²) in [6.45, 7) is -0.0332. The highest BCUT2D eigenvalue weighted by Gasteiger charge is 2.26. The smallest absolute Gasteiger partial charge is 0.229 e. The van der Waals surface area contributed by atoms with E-state index < -0.39 is 5.82 Å². The summed E-state index contributed by atoms with van der Waals surface area (Å²) in [7, 11) is 0. The van der Waals surface area contributed by atoms with Gasteiger partial charge < -0.3 is 5.73 Å². The molecule has 1 aromatic carbocycles. The lowest BCUT2D eigenvalue weighted by atomic mass is 10.1. The van der Waals surface area contributed by atoms with E-state index in [1.807, 2.05) is 0 Å². The number of nitrogen functional groups attached to an aromatic ring is 1. The summed E-state index contributed by atoms with van der Waals surface area (Å²) in [5.74, 6) is -1.05. The zero-order valence-electron chi connectivity index (χ0n) is 9.28. The van der Waals surface area contributed by atoms with E-state index >= 15 is 0 Å². The van der Waals surface area contributed by atoms with Gasteiger partial charge in [0.15, 0.2) is 5.82 Å². The Morgan fingerprint density at radius 2 is 1.88 bits per heavy atom. The molecule has 1 aliphatic rings. The number of imide groups is 1. The molecule has 1 fully saturated rings. The molecule has 0 aromatic heterocycles. The van der Waals surface area contributed by atoms with E-state index in [0.29, 0.717) is 19.3 Å². The van der Waals surface area contributed by atoms with Crippen LogP contribution in [0.15, 0.2) is 18.2 Å². The van der Waals surface area contributed by atoms with Gasteiger partial charge in [-0.15, -0.1) is 0 Å². The van der Waals surface area contributed by atoms with Crippen LogP contribution in [-0.4, -0.2) is 16.7 Å². The highest BCUT2D eigenvalue weighted by Crippen LogP contribution is 2.20. The quantitative estimate of drug-likeness (QED) is 0.624. The van der Waals surface area contributed by atoms with Crippen LogP contribution >= 0.6 is 0 Å². The molecule has 0 atom stereocenters. The highest BCUT2D eigenvalue weighted by molar-refractivity contribution is 5.97. The van der Waals surface area contributed by atoms with Crippen molar-refractivity contribution in [1.29, 1.82) is 0 Å². The predicted octanol–water partition coefficient (Wildman–Crippen LogP) is 1.45. The van der Waals surface area contributed by atoms with Crippen molar-refractivity contribution in [2.75, 3.05) is 5.73 Å². The first-order valence-electron chi connectivity index (χ1n) is 5.45. The molecule has 1 saturated heterocycles. The molecule has 0 radical (unpaired) electrons. The van der Waals surface area contributed by atoms with Crippen LogP contribution < -0.4 is 5.73 Å². The number of carbonyl (C=O) groups is 2. The number of anilines is 1. The van der Waals surface area contributed by atoms with E-state index in [9.17, 15) is 14.0 Å². The van der Waals surface area contributed by atoms with Gasteiger partial charge in [-0.1, -0.05) is 12.1 Å². The topological polar surface area (TPSA) is 63.4 Å². The number of amides is 2. The van der Waals surface area contributed by atoms with Gasteiger partial charge in [-0.05, 0) is 12.5 Å². The summed E-state index contributed by atoms with van der Waals surface area (Å²) in [6, 6.07) is 4.58. The number of piperidine rings is 1. The van der Waals surface area contributed by atoms with Gasteiger partial charge in [-0.25, -0.2) is 4.39 Å². The monoisotopic (exact) mass is 236 g/mol. The van der Waals surface area contributed by atoms with E-state index in [1.165, 1.54) is 12.1 Å². The fourth-order valence-corrected chi connectivity index (χ4v) is 1.87. The third kappa shape index (κ3) is 2.27. The first-order chi connectivity index (χ1) is 8.09. The second-order valence-corrected chi connectivity index (χ2v) is 4.05. The molecule has 17 heavy (non-hydrogen) atoms. The number of benzene rings is 1. The van der Waals surface area contributed by atoms with Crippen LogP contribution in [0.2, 0.25) is 0 Å². The third-order valence-corrected chi connectivity index (χ3v) is 2.82. The number of halogens is 1. The molecule has 90 valence electrons. The Labute approximate surface area is 98.2 Å². The fraction of sp³-hybridized carbons (Fsp3) is 0.333. The maximum atomic E-state index is 13.6. The SMILES string of the molecule is Nc1cccc(CN2C(=O)CCCC2=O)c1F. The lowest BCUT2D eigenvalue weighted by molar-refractivity contribution is -0.148. The average Bonchev–Trinajstić information content (AvgIpc) is 2.29. The number of hydrogen-bond acceptors (Lipinski definition) is 3. The second-order valence-electron chi connectivity index (χ2n) is 4.05. The number of nitrogens with two attached hydrogens (primary N) is 1. The standard InChI is InChI=1S/C12H13FN2O2/c13-12-8(3-1-4-9(12)14)7-15-10(16)5-2-6-11(15)17/h1,3-4H,2,5-7,14H2. The maximum absolute atomic E-state index is 13.6. The van der Waals surface area contributed by atoms with Gasteiger partial charge in [0.1, 0.15) is 0 Å². The molecule has 0 unspecified atom stereocenters. The molecule has 0 saturated carbocycles. The molecule has 2 rings (SSSR count). The second kappa shape index (κ2) is 4.53. The highest BCUT2D eigenvalue weighted by atomic mass is 19.1. The first-order valence-corrected chi connectivity index (χ1v) is 5.45. The summed E-state index contributed by atoms with van der Waals surface area (Å²) >= 11 is 0. The molecule has 1 aromatic rings. The summed E-state index contributed by atoms with van der Waals surface area (Å²) in [5.41, 5.74) is 5.73. The molecule has 0 bridgehead atoms. The van der Waals surface area contributed by atoms with Crippen LogP contribution in [0.1, 0.15) is 24.8 Å². The summed E-state index contributed by atoms with van der Waals surface area (Å²) in [6.07, 6.45) is 1.26. The van der Waals surface area contributed by atoms with Gasteiger partial charge in [0, 0.05) is 18.4 Å². The van der Waals surface area contributed by atoms with Crippen LogP contribution in [0, 0.1) is 5.82 Å². The van der Waals surface area contributed by atoms with Crippen molar-refractivity contribution in [2.24, 2.45) is 0 Å². The van der Waals surface area contributed by atoms with Crippen molar-refractivity contribution in [1.82, 2.24) is 4.90 Å². The number of carbonyl (C=O) groups excluding carboxylic acids is 2. The van der Waals surface area contributed by atoms with Gasteiger partial charge in [0.2, 0.25) is 11.8 Å². The summed E-state index contributed by atoms with van der Waals surface area (Å²) < 4.78 is 13.6. The van der Waals surface area contributed by atoms with Gasteiger partial charge in [-0.3, -0.25) is 14.5 Å². The Bertz CT molecular complexity index is 458. The van der Waals surface area contributed by atoms with Crippen molar-refractivity contribution in [3.05, 3.63) is 29.6 Å². The summed E-state index contributed by atoms with van der Waals surface area (Å²) in [4.78, 5) is 24.2. The molecule has 2 N–H and O–H groups in total. The average molecular weight is 236 g/mol. The van der Waals surface area contributed by atoms with Crippen LogP contribution in [0.4, 0.5) is 10.1 Å². The van der Waals surface area contributed by atoms with Crippen molar-refractivity contribution in [2.45, 2.75) is 25.8 Å². The maximum Gasteiger partial charge on any atom is 0.229 e. The van der Waals surface area contributed by atoms with Gasteiger partial charge in [-0.2, -0.15) is 0 Å². The third-order valence-electron chi connectivity index (χ3n) is 2.82. The van der Waals surface area contributed by atoms with Gasteiger partial charge in [0.25, 0.3) is 0 Å². The zero-order chi connectivity index (χ0) is 12.4. The van der Waals surface area contributed by atoms with Gasteiger partial charge >= 0.3 is 0 Å². The van der Waals surface area contributed by atoms with Crippen molar-refractivity contribution in [3.8, 4) is 0 Å². The van der Waals surface area contributed by atoms with Crippen LogP contribution in [0.5, 0.6) is 0 Å². The minimum Gasteiger partial charge on any atom is -0.396 e. The molecule has 1 aliphatic heterocycles. The van der Waals surface area contributed by atoms with Crippen molar-refractivity contribution < 1.29 is 14.0 Å². The molecular weight excluding hydrogens is 223 g/mol. The van der Waals surface area contributed by atoms with Crippen LogP contribution in [0.25, 0.3) is 0 Å². The Morgan fingerprint density at radius 1 is 1.24 bits per heavy atom. The van der Waals surface area contributed by atoms with Crippen molar-refractivity contribution in [3.63, 3.8) is 0 Å². The Kier molecular flexibility index (Phi) is 3.08. The Morgan fingerprint density at radius 3 is 2.53 bits per heavy atom. The first kappa shape index (κ1) is 11.6. The molecule has 2 amide bonds. The molecule has 0 aliphatic carbocycles. The molecule has 1 heterocycles. The minimum absolute atomic E-state index is 0.0272. The van der Waals surface area contributed by atoms with Crippen LogP contribution in [0.3, 0.4) is 0 Å². The molecule has 5 heteroatoms. The molecule has 0 spiro atoms.